The molecule has 0 saturated heterocycles. The third-order valence-electron chi connectivity index (χ3n) is 6.09. The predicted octanol–water partition coefficient (Wildman–Crippen LogP) is 7.82. The summed E-state index contributed by atoms with van der Waals surface area (Å²) in [5, 5.41) is 2.20. The molecule has 0 N–H and O–H groups in total. The van der Waals surface area contributed by atoms with E-state index in [0.717, 1.165) is 38.6 Å². The maximum atomic E-state index is 6.61. The standard InChI is InChI=1S/C30H25N3OS/c1-35(2,3)25-19-11-17-23-22-16-10-18-24(26(22)34-27(23)25)30-32-28(20-12-6-4-7-13-20)31-29(33-30)21-14-8-5-9-15-21/h4-19H,1-3H3. The molecule has 5 heteroatoms. The summed E-state index contributed by atoms with van der Waals surface area (Å²) in [6, 6.07) is 32.7. The number of benzene rings is 4. The number of hydrogen-bond donors (Lipinski definition) is 0. The van der Waals surface area contributed by atoms with Crippen LogP contribution >= 0.6 is 10.0 Å². The van der Waals surface area contributed by atoms with Gasteiger partial charge in [0.05, 0.1) is 5.56 Å². The van der Waals surface area contributed by atoms with Gasteiger partial charge in [0, 0.05) is 26.8 Å². The lowest BCUT2D eigenvalue weighted by atomic mass is 10.1. The molecule has 0 amide bonds. The predicted molar refractivity (Wildman–Crippen MR) is 147 cm³/mol. The molecule has 0 unspecified atom stereocenters. The first-order chi connectivity index (χ1) is 17.0. The second kappa shape index (κ2) is 8.36. The number of para-hydroxylation sites is 2. The minimum atomic E-state index is -0.975. The molecular weight excluding hydrogens is 450 g/mol. The Bertz CT molecular complexity index is 1610. The van der Waals surface area contributed by atoms with Gasteiger partial charge in [0.2, 0.25) is 0 Å². The maximum Gasteiger partial charge on any atom is 0.167 e. The molecule has 2 aromatic heterocycles. The lowest BCUT2D eigenvalue weighted by Gasteiger charge is -2.25. The summed E-state index contributed by atoms with van der Waals surface area (Å²) in [5.41, 5.74) is 4.53. The second-order valence-electron chi connectivity index (χ2n) is 9.29. The molecule has 4 nitrogen and oxygen atoms in total. The fourth-order valence-electron chi connectivity index (χ4n) is 4.38. The Labute approximate surface area is 206 Å². The lowest BCUT2D eigenvalue weighted by molar-refractivity contribution is 0.660. The molecule has 0 bridgehead atoms. The molecule has 0 fully saturated rings. The van der Waals surface area contributed by atoms with Gasteiger partial charge >= 0.3 is 0 Å². The third-order valence-corrected chi connectivity index (χ3v) is 7.73. The van der Waals surface area contributed by atoms with Crippen LogP contribution in [-0.2, 0) is 0 Å². The van der Waals surface area contributed by atoms with E-state index in [0.29, 0.717) is 17.5 Å². The van der Waals surface area contributed by atoms with Crippen LogP contribution in [0.1, 0.15) is 0 Å². The van der Waals surface area contributed by atoms with Crippen LogP contribution in [0, 0.1) is 0 Å². The van der Waals surface area contributed by atoms with Gasteiger partial charge in [-0.15, -0.1) is 0 Å². The Balaban J connectivity index is 1.63. The Kier molecular flexibility index (Phi) is 5.15. The molecule has 0 atom stereocenters. The van der Waals surface area contributed by atoms with Gasteiger partial charge in [-0.05, 0) is 30.9 Å². The van der Waals surface area contributed by atoms with Crippen LogP contribution in [0.15, 0.2) is 106 Å². The van der Waals surface area contributed by atoms with Crippen LogP contribution in [0.25, 0.3) is 56.1 Å². The second-order valence-corrected chi connectivity index (χ2v) is 13.4. The molecule has 0 radical (unpaired) electrons. The summed E-state index contributed by atoms with van der Waals surface area (Å²) < 4.78 is 6.61. The van der Waals surface area contributed by atoms with E-state index in [9.17, 15) is 0 Å². The van der Waals surface area contributed by atoms with Gasteiger partial charge in [0.15, 0.2) is 17.5 Å². The van der Waals surface area contributed by atoms with Crippen molar-refractivity contribution < 1.29 is 4.42 Å². The zero-order valence-corrected chi connectivity index (χ0v) is 20.7. The normalized spacial score (nSPS) is 12.3. The van der Waals surface area contributed by atoms with E-state index in [1.54, 1.807) is 0 Å². The van der Waals surface area contributed by atoms with Crippen molar-refractivity contribution in [2.24, 2.45) is 0 Å². The molecule has 0 aliphatic carbocycles. The Morgan fingerprint density at radius 1 is 0.514 bits per heavy atom. The van der Waals surface area contributed by atoms with Crippen LogP contribution < -0.4 is 0 Å². The van der Waals surface area contributed by atoms with E-state index in [4.69, 9.17) is 19.4 Å². The van der Waals surface area contributed by atoms with Gasteiger partial charge in [-0.3, -0.25) is 0 Å². The fourth-order valence-corrected chi connectivity index (χ4v) is 5.58. The summed E-state index contributed by atoms with van der Waals surface area (Å²) >= 11 is 0. The number of nitrogens with zero attached hydrogens (tertiary/aromatic N) is 3. The van der Waals surface area contributed by atoms with Crippen molar-refractivity contribution >= 4 is 32.0 Å². The molecule has 6 rings (SSSR count). The molecule has 0 spiro atoms. The van der Waals surface area contributed by atoms with Gasteiger partial charge in [-0.2, -0.15) is 0 Å². The fraction of sp³-hybridized carbons (Fsp3) is 0.100. The third kappa shape index (κ3) is 3.88. The van der Waals surface area contributed by atoms with E-state index in [2.05, 4.69) is 49.1 Å². The summed E-state index contributed by atoms with van der Waals surface area (Å²) in [5.74, 6) is 1.89. The average molecular weight is 476 g/mol. The molecule has 2 heterocycles. The van der Waals surface area contributed by atoms with Crippen LogP contribution in [0.5, 0.6) is 0 Å². The van der Waals surface area contributed by atoms with Crippen LogP contribution in [-0.4, -0.2) is 33.7 Å². The minimum absolute atomic E-state index is 0.604. The Morgan fingerprint density at radius 3 is 1.60 bits per heavy atom. The molecule has 172 valence electrons. The van der Waals surface area contributed by atoms with Gasteiger partial charge < -0.3 is 4.42 Å². The highest BCUT2D eigenvalue weighted by Gasteiger charge is 2.21. The maximum absolute atomic E-state index is 6.61. The van der Waals surface area contributed by atoms with Crippen molar-refractivity contribution in [2.75, 3.05) is 18.8 Å². The molecule has 6 aromatic rings. The van der Waals surface area contributed by atoms with Crippen molar-refractivity contribution in [1.29, 1.82) is 0 Å². The molecule has 0 aliphatic heterocycles. The van der Waals surface area contributed by atoms with Gasteiger partial charge in [-0.1, -0.05) is 84.9 Å². The topological polar surface area (TPSA) is 51.8 Å². The van der Waals surface area contributed by atoms with Gasteiger partial charge in [-0.25, -0.2) is 25.0 Å². The zero-order chi connectivity index (χ0) is 24.0. The zero-order valence-electron chi connectivity index (χ0n) is 19.9. The number of aromatic nitrogens is 3. The van der Waals surface area contributed by atoms with E-state index in [-0.39, 0.29) is 0 Å². The van der Waals surface area contributed by atoms with Gasteiger partial charge in [0.25, 0.3) is 0 Å². The van der Waals surface area contributed by atoms with Crippen molar-refractivity contribution in [2.45, 2.75) is 4.90 Å². The molecule has 0 aliphatic rings. The molecule has 0 saturated carbocycles. The largest absolute Gasteiger partial charge is 0.454 e. The van der Waals surface area contributed by atoms with E-state index < -0.39 is 10.0 Å². The number of fused-ring (bicyclic) bond motifs is 3. The highest BCUT2D eigenvalue weighted by atomic mass is 32.3. The molecule has 4 aromatic carbocycles. The minimum Gasteiger partial charge on any atom is -0.454 e. The number of furan rings is 1. The quantitative estimate of drug-likeness (QED) is 0.261. The molecule has 35 heavy (non-hydrogen) atoms. The van der Waals surface area contributed by atoms with Crippen molar-refractivity contribution in [3.8, 4) is 34.2 Å². The smallest absolute Gasteiger partial charge is 0.167 e. The molecular formula is C30H25N3OS. The average Bonchev–Trinajstić information content (AvgIpc) is 3.28. The summed E-state index contributed by atoms with van der Waals surface area (Å²) in [7, 11) is -0.975. The number of hydrogen-bond acceptors (Lipinski definition) is 4. The van der Waals surface area contributed by atoms with Crippen LogP contribution in [0.4, 0.5) is 0 Å². The van der Waals surface area contributed by atoms with Crippen molar-refractivity contribution in [3.63, 3.8) is 0 Å². The van der Waals surface area contributed by atoms with Crippen molar-refractivity contribution in [1.82, 2.24) is 15.0 Å². The first-order valence-corrected chi connectivity index (χ1v) is 14.3. The number of rotatable bonds is 4. The summed E-state index contributed by atoms with van der Waals surface area (Å²) in [6.07, 6.45) is 6.88. The first kappa shape index (κ1) is 21.6. The lowest BCUT2D eigenvalue weighted by Crippen LogP contribution is -2.00. The van der Waals surface area contributed by atoms with Crippen LogP contribution in [0.2, 0.25) is 0 Å². The van der Waals surface area contributed by atoms with E-state index >= 15 is 0 Å². The van der Waals surface area contributed by atoms with E-state index in [1.807, 2.05) is 66.7 Å². The highest BCUT2D eigenvalue weighted by Crippen LogP contribution is 2.50. The monoisotopic (exact) mass is 475 g/mol. The first-order valence-electron chi connectivity index (χ1n) is 11.5. The van der Waals surface area contributed by atoms with Gasteiger partial charge in [0.1, 0.15) is 11.2 Å². The van der Waals surface area contributed by atoms with Crippen LogP contribution in [0.3, 0.4) is 0 Å². The Morgan fingerprint density at radius 2 is 1.03 bits per heavy atom. The van der Waals surface area contributed by atoms with E-state index in [1.165, 1.54) is 4.90 Å². The highest BCUT2D eigenvalue weighted by molar-refractivity contribution is 8.32. The summed E-state index contributed by atoms with van der Waals surface area (Å²) in [4.78, 5) is 15.9. The Hall–Kier alpha value is -3.96. The summed E-state index contributed by atoms with van der Waals surface area (Å²) in [6.45, 7) is 0. The van der Waals surface area contributed by atoms with Crippen molar-refractivity contribution in [3.05, 3.63) is 97.1 Å². The SMILES string of the molecule is CS(C)(C)c1cccc2c1oc1c(-c3nc(-c4ccccc4)nc(-c4ccccc4)n3)cccc12.